The van der Waals surface area contributed by atoms with E-state index >= 15 is 0 Å². The number of ether oxygens (including phenoxy) is 1. The first kappa shape index (κ1) is 13.2. The van der Waals surface area contributed by atoms with Gasteiger partial charge >= 0.3 is 0 Å². The first-order valence-electron chi connectivity index (χ1n) is 5.45. The fourth-order valence-corrected chi connectivity index (χ4v) is 2.38. The molecule has 0 saturated carbocycles. The molecule has 1 rings (SSSR count). The number of morpholine rings is 1. The van der Waals surface area contributed by atoms with Crippen molar-refractivity contribution >= 4 is 29.0 Å². The number of hydrogen-bond acceptors (Lipinski definition) is 4. The first-order valence-corrected chi connectivity index (χ1v) is 7.01. The molecule has 0 aromatic heterocycles. The Kier molecular flexibility index (Phi) is 6.56. The van der Waals surface area contributed by atoms with Crippen molar-refractivity contribution in [1.82, 2.24) is 4.90 Å². The molecule has 15 heavy (non-hydrogen) atoms. The van der Waals surface area contributed by atoms with Crippen LogP contribution < -0.4 is 5.73 Å². The number of thioether (sulfide) groups is 1. The zero-order valence-corrected chi connectivity index (χ0v) is 10.9. The van der Waals surface area contributed by atoms with Crippen molar-refractivity contribution < 1.29 is 4.74 Å². The van der Waals surface area contributed by atoms with E-state index < -0.39 is 0 Å². The summed E-state index contributed by atoms with van der Waals surface area (Å²) in [5, 5.41) is 0. The van der Waals surface area contributed by atoms with E-state index in [0.717, 1.165) is 26.2 Å². The van der Waals surface area contributed by atoms with Crippen molar-refractivity contribution in [3.63, 3.8) is 0 Å². The minimum Gasteiger partial charge on any atom is -0.391 e. The number of thiocarbonyl (C=S) groups is 1. The molecule has 1 aliphatic rings. The van der Waals surface area contributed by atoms with E-state index in [4.69, 9.17) is 22.7 Å². The number of nitrogens with zero attached hydrogens (tertiary/aromatic N) is 1. The summed E-state index contributed by atoms with van der Waals surface area (Å²) in [5.74, 6) is 2.45. The van der Waals surface area contributed by atoms with E-state index in [9.17, 15) is 0 Å². The summed E-state index contributed by atoms with van der Waals surface area (Å²) in [5.41, 5.74) is 5.58. The molecule has 1 aliphatic heterocycles. The lowest BCUT2D eigenvalue weighted by Gasteiger charge is -2.32. The smallest absolute Gasteiger partial charge is 0.120 e. The minimum atomic E-state index is -0.0346. The molecule has 0 spiro atoms. The fourth-order valence-electron chi connectivity index (χ4n) is 1.61. The van der Waals surface area contributed by atoms with E-state index in [1.54, 1.807) is 0 Å². The molecule has 0 aromatic carbocycles. The number of rotatable bonds is 6. The van der Waals surface area contributed by atoms with Gasteiger partial charge in [0.1, 0.15) is 11.1 Å². The maximum Gasteiger partial charge on any atom is 0.120 e. The third kappa shape index (κ3) is 5.15. The van der Waals surface area contributed by atoms with Gasteiger partial charge in [0.2, 0.25) is 0 Å². The van der Waals surface area contributed by atoms with Gasteiger partial charge in [-0.25, -0.2) is 0 Å². The molecule has 3 nitrogen and oxygen atoms in total. The van der Waals surface area contributed by atoms with Gasteiger partial charge in [-0.2, -0.15) is 11.8 Å². The van der Waals surface area contributed by atoms with Gasteiger partial charge in [-0.1, -0.05) is 19.1 Å². The zero-order valence-electron chi connectivity index (χ0n) is 9.28. The van der Waals surface area contributed by atoms with E-state index in [2.05, 4.69) is 11.8 Å². The summed E-state index contributed by atoms with van der Waals surface area (Å²) in [6.07, 6.45) is 1.20. The third-order valence-corrected chi connectivity index (χ3v) is 3.68. The van der Waals surface area contributed by atoms with Crippen molar-refractivity contribution in [2.24, 2.45) is 5.73 Å². The third-order valence-electron chi connectivity index (χ3n) is 2.44. The maximum atomic E-state index is 5.58. The van der Waals surface area contributed by atoms with Crippen LogP contribution in [0.5, 0.6) is 0 Å². The second-order valence-corrected chi connectivity index (χ2v) is 5.48. The Bertz CT molecular complexity index is 202. The molecule has 2 N–H and O–H groups in total. The molecular weight excluding hydrogens is 228 g/mol. The molecular formula is C10H20N2OS2. The minimum absolute atomic E-state index is 0.0346. The van der Waals surface area contributed by atoms with Crippen molar-refractivity contribution in [3.8, 4) is 0 Å². The van der Waals surface area contributed by atoms with Crippen molar-refractivity contribution in [3.05, 3.63) is 0 Å². The Hall–Kier alpha value is 0.160. The van der Waals surface area contributed by atoms with Crippen molar-refractivity contribution in [2.75, 3.05) is 37.7 Å². The van der Waals surface area contributed by atoms with Gasteiger partial charge in [0.25, 0.3) is 0 Å². The zero-order chi connectivity index (χ0) is 11.1. The van der Waals surface area contributed by atoms with Gasteiger partial charge in [-0.05, 0) is 24.5 Å². The van der Waals surface area contributed by atoms with Gasteiger partial charge in [0.15, 0.2) is 0 Å². The van der Waals surface area contributed by atoms with Crippen LogP contribution in [0.1, 0.15) is 13.3 Å². The van der Waals surface area contributed by atoms with Crippen LogP contribution in [0, 0.1) is 0 Å². The molecule has 1 heterocycles. The molecule has 5 heteroatoms. The summed E-state index contributed by atoms with van der Waals surface area (Å²) in [6, 6.07) is 0. The van der Waals surface area contributed by atoms with Crippen molar-refractivity contribution in [1.29, 1.82) is 0 Å². The quantitative estimate of drug-likeness (QED) is 0.563. The van der Waals surface area contributed by atoms with Gasteiger partial charge in [0, 0.05) is 13.1 Å². The molecule has 1 fully saturated rings. The molecule has 0 amide bonds. The predicted molar refractivity (Wildman–Crippen MR) is 70.6 cm³/mol. The predicted octanol–water partition coefficient (Wildman–Crippen LogP) is 1.12. The summed E-state index contributed by atoms with van der Waals surface area (Å²) < 4.78 is 5.48. The van der Waals surface area contributed by atoms with Crippen LogP contribution >= 0.6 is 24.0 Å². The first-order chi connectivity index (χ1) is 7.24. The fraction of sp³-hybridized carbons (Fsp3) is 0.900. The molecule has 1 saturated heterocycles. The Balaban J connectivity index is 2.15. The van der Waals surface area contributed by atoms with Crippen LogP contribution in [0.25, 0.3) is 0 Å². The second kappa shape index (κ2) is 7.44. The molecule has 88 valence electrons. The number of hydrogen-bond donors (Lipinski definition) is 1. The summed E-state index contributed by atoms with van der Waals surface area (Å²) in [7, 11) is 0. The lowest BCUT2D eigenvalue weighted by molar-refractivity contribution is 0.00747. The van der Waals surface area contributed by atoms with Gasteiger partial charge in [-0.3, -0.25) is 4.90 Å². The highest BCUT2D eigenvalue weighted by Crippen LogP contribution is 2.08. The largest absolute Gasteiger partial charge is 0.391 e. The van der Waals surface area contributed by atoms with Gasteiger partial charge in [0.05, 0.1) is 6.61 Å². The SMILES string of the molecule is CCSCCCN1CCOC(C(N)=S)C1. The Morgan fingerprint density at radius 1 is 1.67 bits per heavy atom. The molecule has 1 unspecified atom stereocenters. The highest BCUT2D eigenvalue weighted by atomic mass is 32.2. The summed E-state index contributed by atoms with van der Waals surface area (Å²) >= 11 is 6.94. The van der Waals surface area contributed by atoms with E-state index in [-0.39, 0.29) is 6.10 Å². The monoisotopic (exact) mass is 248 g/mol. The normalized spacial score (nSPS) is 22.9. The van der Waals surface area contributed by atoms with E-state index in [1.807, 2.05) is 11.8 Å². The second-order valence-electron chi connectivity index (χ2n) is 3.61. The Morgan fingerprint density at radius 2 is 2.47 bits per heavy atom. The van der Waals surface area contributed by atoms with Crippen LogP contribution in [0.2, 0.25) is 0 Å². The van der Waals surface area contributed by atoms with E-state index in [0.29, 0.717) is 4.99 Å². The maximum absolute atomic E-state index is 5.58. The summed E-state index contributed by atoms with van der Waals surface area (Å²) in [4.78, 5) is 2.88. The lowest BCUT2D eigenvalue weighted by Crippen LogP contribution is -2.48. The standard InChI is InChI=1S/C10H20N2OS2/c1-2-15-7-3-4-12-5-6-13-9(8-12)10(11)14/h9H,2-8H2,1H3,(H2,11,14). The molecule has 0 radical (unpaired) electrons. The van der Waals surface area contributed by atoms with E-state index in [1.165, 1.54) is 17.9 Å². The highest BCUT2D eigenvalue weighted by molar-refractivity contribution is 7.99. The Morgan fingerprint density at radius 3 is 3.13 bits per heavy atom. The highest BCUT2D eigenvalue weighted by Gasteiger charge is 2.21. The van der Waals surface area contributed by atoms with Crippen LogP contribution in [-0.2, 0) is 4.74 Å². The van der Waals surface area contributed by atoms with Gasteiger partial charge < -0.3 is 10.5 Å². The molecule has 0 aliphatic carbocycles. The average Bonchev–Trinajstić information content (AvgIpc) is 2.25. The molecule has 1 atom stereocenters. The average molecular weight is 248 g/mol. The topological polar surface area (TPSA) is 38.5 Å². The van der Waals surface area contributed by atoms with Crippen LogP contribution in [0.15, 0.2) is 0 Å². The van der Waals surface area contributed by atoms with Gasteiger partial charge in [-0.15, -0.1) is 0 Å². The van der Waals surface area contributed by atoms with Crippen LogP contribution in [0.4, 0.5) is 0 Å². The van der Waals surface area contributed by atoms with Crippen LogP contribution in [0.3, 0.4) is 0 Å². The molecule has 0 bridgehead atoms. The van der Waals surface area contributed by atoms with Crippen molar-refractivity contribution in [2.45, 2.75) is 19.4 Å². The summed E-state index contributed by atoms with van der Waals surface area (Å²) in [6.45, 7) is 5.96. The molecule has 0 aromatic rings. The number of nitrogens with two attached hydrogens (primary N) is 1. The Labute approximate surface area is 102 Å². The van der Waals surface area contributed by atoms with Crippen LogP contribution in [-0.4, -0.2) is 53.7 Å². The lowest BCUT2D eigenvalue weighted by atomic mass is 10.2.